The molecule has 19 heavy (non-hydrogen) atoms. The van der Waals surface area contributed by atoms with E-state index in [4.69, 9.17) is 0 Å². The Morgan fingerprint density at radius 3 is 2.63 bits per heavy atom. The zero-order valence-electron chi connectivity index (χ0n) is 11.6. The van der Waals surface area contributed by atoms with Gasteiger partial charge in [0, 0.05) is 21.5 Å². The maximum absolute atomic E-state index is 12.6. The average Bonchev–Trinajstić information content (AvgIpc) is 2.81. The number of rotatable bonds is 3. The summed E-state index contributed by atoms with van der Waals surface area (Å²) in [5.41, 5.74) is 2.42. The predicted octanol–water partition coefficient (Wildman–Crippen LogP) is 3.72. The fraction of sp³-hybridized carbons (Fsp3) is 0.333. The van der Waals surface area contributed by atoms with Gasteiger partial charge in [0.2, 0.25) is 0 Å². The Balaban J connectivity index is 2.30. The SMILES string of the molecule is C=S(=O)(Cc1cccc(C(C)(C)C)c1)c1ccns1. The Hall–Kier alpha value is -1.13. The molecule has 0 amide bonds. The topological polar surface area (TPSA) is 30.0 Å². The van der Waals surface area contributed by atoms with Crippen LogP contribution in [0.1, 0.15) is 31.9 Å². The summed E-state index contributed by atoms with van der Waals surface area (Å²) in [6.45, 7) is 6.53. The Bertz CT molecular complexity index is 650. The number of hydrogen-bond donors (Lipinski definition) is 0. The van der Waals surface area contributed by atoms with Gasteiger partial charge in [0.25, 0.3) is 0 Å². The van der Waals surface area contributed by atoms with Crippen LogP contribution in [0.3, 0.4) is 0 Å². The number of benzene rings is 1. The lowest BCUT2D eigenvalue weighted by Crippen LogP contribution is -2.12. The molecule has 1 unspecified atom stereocenters. The molecular formula is C15H19NOS2. The van der Waals surface area contributed by atoms with E-state index in [9.17, 15) is 4.21 Å². The first-order valence-corrected chi connectivity index (χ1v) is 8.81. The van der Waals surface area contributed by atoms with E-state index < -0.39 is 9.52 Å². The van der Waals surface area contributed by atoms with Crippen LogP contribution in [-0.4, -0.2) is 14.5 Å². The highest BCUT2D eigenvalue weighted by Gasteiger charge is 2.16. The average molecular weight is 293 g/mol. The molecule has 0 aliphatic rings. The molecule has 0 N–H and O–H groups in total. The van der Waals surface area contributed by atoms with Gasteiger partial charge in [-0.05, 0) is 40.0 Å². The van der Waals surface area contributed by atoms with E-state index in [2.05, 4.69) is 43.1 Å². The van der Waals surface area contributed by atoms with Gasteiger partial charge in [-0.15, -0.1) is 0 Å². The zero-order chi connectivity index (χ0) is 14.1. The minimum atomic E-state index is -2.28. The fourth-order valence-electron chi connectivity index (χ4n) is 1.86. The summed E-state index contributed by atoms with van der Waals surface area (Å²) in [5.74, 6) is 4.37. The van der Waals surface area contributed by atoms with Crippen LogP contribution in [-0.2, 0) is 20.7 Å². The Morgan fingerprint density at radius 2 is 2.05 bits per heavy atom. The van der Waals surface area contributed by atoms with E-state index >= 15 is 0 Å². The molecule has 2 aromatic rings. The van der Waals surface area contributed by atoms with Crippen LogP contribution in [0.4, 0.5) is 0 Å². The second kappa shape index (κ2) is 5.10. The van der Waals surface area contributed by atoms with Gasteiger partial charge >= 0.3 is 0 Å². The zero-order valence-corrected chi connectivity index (χ0v) is 13.2. The first kappa shape index (κ1) is 14.3. The maximum atomic E-state index is 12.6. The van der Waals surface area contributed by atoms with Gasteiger partial charge in [-0.2, -0.15) is 4.37 Å². The van der Waals surface area contributed by atoms with E-state index in [0.717, 1.165) is 9.77 Å². The van der Waals surface area contributed by atoms with Crippen LogP contribution >= 0.6 is 11.5 Å². The molecule has 0 spiro atoms. The number of nitrogens with zero attached hydrogens (tertiary/aromatic N) is 1. The van der Waals surface area contributed by atoms with Crippen molar-refractivity contribution in [3.63, 3.8) is 0 Å². The molecule has 0 radical (unpaired) electrons. The molecule has 0 saturated carbocycles. The summed E-state index contributed by atoms with van der Waals surface area (Å²) in [7, 11) is -2.28. The predicted molar refractivity (Wildman–Crippen MR) is 84.5 cm³/mol. The van der Waals surface area contributed by atoms with Crippen molar-refractivity contribution in [2.45, 2.75) is 36.1 Å². The summed E-state index contributed by atoms with van der Waals surface area (Å²) in [6.07, 6.45) is 1.68. The van der Waals surface area contributed by atoms with Gasteiger partial charge in [-0.25, -0.2) is 0 Å². The molecule has 0 saturated heterocycles. The van der Waals surface area contributed by atoms with Crippen LogP contribution in [0.25, 0.3) is 0 Å². The summed E-state index contributed by atoms with van der Waals surface area (Å²) >= 11 is 1.27. The molecule has 2 rings (SSSR count). The van der Waals surface area contributed by atoms with Crippen LogP contribution in [0, 0.1) is 0 Å². The molecule has 1 aromatic heterocycles. The lowest BCUT2D eigenvalue weighted by atomic mass is 9.86. The highest BCUT2D eigenvalue weighted by Crippen LogP contribution is 2.25. The van der Waals surface area contributed by atoms with E-state index in [0.29, 0.717) is 5.75 Å². The molecule has 0 aliphatic carbocycles. The maximum Gasteiger partial charge on any atom is 0.104 e. The summed E-state index contributed by atoms with van der Waals surface area (Å²) in [5, 5.41) is 0. The quantitative estimate of drug-likeness (QED) is 0.807. The van der Waals surface area contributed by atoms with Gasteiger partial charge < -0.3 is 0 Å². The van der Waals surface area contributed by atoms with Crippen molar-refractivity contribution in [1.82, 2.24) is 4.37 Å². The van der Waals surface area contributed by atoms with E-state index in [-0.39, 0.29) is 5.41 Å². The van der Waals surface area contributed by atoms with Gasteiger partial charge in [0.05, 0.1) is 0 Å². The standard InChI is InChI=1S/C15H19NOS2/c1-15(2,3)13-7-5-6-12(10-13)11-19(4,17)14-8-9-16-18-14/h5-10H,4,11H2,1-3H3. The summed E-state index contributed by atoms with van der Waals surface area (Å²) < 4.78 is 17.4. The fourth-order valence-corrected chi connectivity index (χ4v) is 4.23. The molecule has 0 fully saturated rings. The van der Waals surface area contributed by atoms with Crippen LogP contribution in [0.5, 0.6) is 0 Å². The Kier molecular flexibility index (Phi) is 3.83. The van der Waals surface area contributed by atoms with Crippen molar-refractivity contribution in [3.05, 3.63) is 47.7 Å². The molecule has 102 valence electrons. The van der Waals surface area contributed by atoms with Crippen molar-refractivity contribution in [3.8, 4) is 0 Å². The molecule has 2 nitrogen and oxygen atoms in total. The largest absolute Gasteiger partial charge is 0.262 e. The van der Waals surface area contributed by atoms with Gasteiger partial charge in [0.1, 0.15) is 4.21 Å². The van der Waals surface area contributed by atoms with Crippen molar-refractivity contribution in [2.75, 3.05) is 0 Å². The van der Waals surface area contributed by atoms with E-state index in [1.54, 1.807) is 12.3 Å². The molecule has 0 aliphatic heterocycles. The first-order valence-electron chi connectivity index (χ1n) is 6.14. The lowest BCUT2D eigenvalue weighted by molar-refractivity contribution is 0.589. The van der Waals surface area contributed by atoms with Crippen LogP contribution in [0.15, 0.2) is 40.7 Å². The monoisotopic (exact) mass is 293 g/mol. The molecule has 1 atom stereocenters. The molecule has 1 heterocycles. The first-order chi connectivity index (χ1) is 8.79. The Labute approximate surface area is 119 Å². The number of aromatic nitrogens is 1. The normalized spacial score (nSPS) is 15.1. The van der Waals surface area contributed by atoms with Crippen molar-refractivity contribution < 1.29 is 4.21 Å². The third-order valence-corrected chi connectivity index (χ3v) is 6.32. The molecular weight excluding hydrogens is 274 g/mol. The van der Waals surface area contributed by atoms with Crippen molar-refractivity contribution >= 4 is 26.9 Å². The van der Waals surface area contributed by atoms with Crippen LogP contribution < -0.4 is 0 Å². The lowest BCUT2D eigenvalue weighted by Gasteiger charge is -2.20. The minimum Gasteiger partial charge on any atom is -0.262 e. The van der Waals surface area contributed by atoms with Crippen molar-refractivity contribution in [2.24, 2.45) is 0 Å². The highest BCUT2D eigenvalue weighted by molar-refractivity contribution is 8.01. The summed E-state index contributed by atoms with van der Waals surface area (Å²) in [6, 6.07) is 10.1. The third kappa shape index (κ3) is 3.45. The Morgan fingerprint density at radius 1 is 1.32 bits per heavy atom. The third-order valence-electron chi connectivity index (χ3n) is 2.97. The summed E-state index contributed by atoms with van der Waals surface area (Å²) in [4.78, 5) is 0. The highest BCUT2D eigenvalue weighted by atomic mass is 32.2. The smallest absolute Gasteiger partial charge is 0.104 e. The number of hydrogen-bond acceptors (Lipinski definition) is 3. The molecule has 1 aromatic carbocycles. The molecule has 0 bridgehead atoms. The van der Waals surface area contributed by atoms with Gasteiger partial charge in [-0.3, -0.25) is 4.21 Å². The second-order valence-electron chi connectivity index (χ2n) is 5.74. The van der Waals surface area contributed by atoms with E-state index in [1.165, 1.54) is 17.1 Å². The molecule has 4 heteroatoms. The van der Waals surface area contributed by atoms with Crippen LogP contribution in [0.2, 0.25) is 0 Å². The minimum absolute atomic E-state index is 0.0997. The van der Waals surface area contributed by atoms with E-state index in [1.807, 2.05) is 12.1 Å². The van der Waals surface area contributed by atoms with Crippen molar-refractivity contribution in [1.29, 1.82) is 0 Å². The van der Waals surface area contributed by atoms with Gasteiger partial charge in [-0.1, -0.05) is 45.0 Å². The van der Waals surface area contributed by atoms with Gasteiger partial charge in [0.15, 0.2) is 0 Å². The second-order valence-corrected chi connectivity index (χ2v) is 9.18.